The highest BCUT2D eigenvalue weighted by molar-refractivity contribution is 5.53. The monoisotopic (exact) mass is 404 g/mol. The van der Waals surface area contributed by atoms with Crippen LogP contribution in [-0.2, 0) is 6.42 Å². The van der Waals surface area contributed by atoms with E-state index in [-0.39, 0.29) is 0 Å². The van der Waals surface area contributed by atoms with Crippen molar-refractivity contribution in [3.8, 4) is 11.8 Å². The van der Waals surface area contributed by atoms with Crippen molar-refractivity contribution >= 4 is 6.08 Å². The quantitative estimate of drug-likeness (QED) is 0.240. The number of hydrogen-bond donors (Lipinski definition) is 0. The lowest BCUT2D eigenvalue weighted by atomic mass is 9.79. The van der Waals surface area contributed by atoms with Gasteiger partial charge in [0.1, 0.15) is 0 Å². The molecule has 0 nitrogen and oxygen atoms in total. The summed E-state index contributed by atoms with van der Waals surface area (Å²) >= 11 is 0. The van der Waals surface area contributed by atoms with E-state index in [1.54, 1.807) is 0 Å². The molecule has 0 N–H and O–H groups in total. The summed E-state index contributed by atoms with van der Waals surface area (Å²) < 4.78 is 0. The Bertz CT molecular complexity index is 656. The van der Waals surface area contributed by atoms with E-state index >= 15 is 0 Å². The summed E-state index contributed by atoms with van der Waals surface area (Å²) in [5, 5.41) is 0. The van der Waals surface area contributed by atoms with Crippen LogP contribution in [0.15, 0.2) is 42.5 Å². The van der Waals surface area contributed by atoms with Gasteiger partial charge in [0.25, 0.3) is 0 Å². The molecule has 1 aliphatic rings. The smallest absolute Gasteiger partial charge is 0.0109 e. The standard InChI is InChI=1S/C30H44/c1-3-5-7-8-12-16-28-23-25-30(26-24-28)18-14-10-9-13-17-29-21-19-27(20-22-29)15-11-6-4-2/h13-14,17-22,28,30H,3-8,11-12,15-16,23-26H2,1-2H3/t28-,30-. The molecule has 0 spiro atoms. The molecule has 0 saturated heterocycles. The van der Waals surface area contributed by atoms with Crippen molar-refractivity contribution in [2.45, 2.75) is 104 Å². The van der Waals surface area contributed by atoms with Crippen LogP contribution < -0.4 is 0 Å². The van der Waals surface area contributed by atoms with Crippen LogP contribution in [0.3, 0.4) is 0 Å². The van der Waals surface area contributed by atoms with Crippen molar-refractivity contribution in [1.82, 2.24) is 0 Å². The maximum Gasteiger partial charge on any atom is -0.0109 e. The number of unbranched alkanes of at least 4 members (excludes halogenated alkanes) is 6. The Morgan fingerprint density at radius 3 is 2.17 bits per heavy atom. The lowest BCUT2D eigenvalue weighted by Gasteiger charge is -2.26. The topological polar surface area (TPSA) is 0 Å². The number of allylic oxidation sites excluding steroid dienone is 3. The van der Waals surface area contributed by atoms with Gasteiger partial charge in [0.2, 0.25) is 0 Å². The zero-order valence-corrected chi connectivity index (χ0v) is 19.7. The van der Waals surface area contributed by atoms with Crippen molar-refractivity contribution in [2.24, 2.45) is 11.8 Å². The lowest BCUT2D eigenvalue weighted by molar-refractivity contribution is 0.288. The predicted molar refractivity (Wildman–Crippen MR) is 134 cm³/mol. The first-order chi connectivity index (χ1) is 14.8. The highest BCUT2D eigenvalue weighted by Gasteiger charge is 2.18. The minimum atomic E-state index is 0.750. The molecule has 0 heterocycles. The Labute approximate surface area is 187 Å². The van der Waals surface area contributed by atoms with Crippen LogP contribution in [0, 0.1) is 23.7 Å². The average molecular weight is 405 g/mol. The first kappa shape index (κ1) is 24.5. The fourth-order valence-corrected chi connectivity index (χ4v) is 4.50. The molecule has 0 aliphatic heterocycles. The fraction of sp³-hybridized carbons (Fsp3) is 0.600. The molecule has 0 heteroatoms. The lowest BCUT2D eigenvalue weighted by Crippen LogP contribution is -2.12. The minimum absolute atomic E-state index is 0.750. The molecule has 0 atom stereocenters. The van der Waals surface area contributed by atoms with Gasteiger partial charge in [-0.05, 0) is 79.7 Å². The largest absolute Gasteiger partial charge is 0.0730 e. The molecule has 1 aromatic carbocycles. The van der Waals surface area contributed by atoms with E-state index in [4.69, 9.17) is 0 Å². The molecular formula is C30H44. The zero-order valence-electron chi connectivity index (χ0n) is 19.7. The Kier molecular flexibility index (Phi) is 13.1. The highest BCUT2D eigenvalue weighted by Crippen LogP contribution is 2.32. The Morgan fingerprint density at radius 2 is 1.43 bits per heavy atom. The molecule has 0 radical (unpaired) electrons. The first-order valence-corrected chi connectivity index (χ1v) is 12.7. The molecule has 1 fully saturated rings. The predicted octanol–water partition coefficient (Wildman–Crippen LogP) is 9.16. The van der Waals surface area contributed by atoms with Crippen LogP contribution in [-0.4, -0.2) is 0 Å². The van der Waals surface area contributed by atoms with Crippen molar-refractivity contribution in [2.75, 3.05) is 0 Å². The maximum atomic E-state index is 3.20. The summed E-state index contributed by atoms with van der Waals surface area (Å²) in [5.74, 6) is 8.10. The van der Waals surface area contributed by atoms with E-state index < -0.39 is 0 Å². The van der Waals surface area contributed by atoms with Crippen LogP contribution in [0.2, 0.25) is 0 Å². The van der Waals surface area contributed by atoms with Crippen molar-refractivity contribution in [3.05, 3.63) is 53.6 Å². The number of hydrogen-bond acceptors (Lipinski definition) is 0. The zero-order chi connectivity index (χ0) is 21.3. The average Bonchev–Trinajstić information content (AvgIpc) is 2.78. The second kappa shape index (κ2) is 16.0. The fourth-order valence-electron chi connectivity index (χ4n) is 4.50. The highest BCUT2D eigenvalue weighted by atomic mass is 14.2. The van der Waals surface area contributed by atoms with E-state index in [2.05, 4.69) is 68.2 Å². The molecule has 0 bridgehead atoms. The molecular weight excluding hydrogens is 360 g/mol. The first-order valence-electron chi connectivity index (χ1n) is 12.7. The normalized spacial score (nSPS) is 19.3. The molecule has 30 heavy (non-hydrogen) atoms. The van der Waals surface area contributed by atoms with Crippen LogP contribution in [0.4, 0.5) is 0 Å². The summed E-state index contributed by atoms with van der Waals surface area (Å²) in [6, 6.07) is 8.92. The third kappa shape index (κ3) is 10.9. The third-order valence-electron chi connectivity index (χ3n) is 6.55. The van der Waals surface area contributed by atoms with Gasteiger partial charge in [-0.25, -0.2) is 0 Å². The molecule has 1 aliphatic carbocycles. The molecule has 2 rings (SSSR count). The molecule has 0 amide bonds. The molecule has 164 valence electrons. The Balaban J connectivity index is 1.61. The van der Waals surface area contributed by atoms with Crippen molar-refractivity contribution in [1.29, 1.82) is 0 Å². The van der Waals surface area contributed by atoms with Gasteiger partial charge in [0.05, 0.1) is 0 Å². The second-order valence-electron chi connectivity index (χ2n) is 9.16. The van der Waals surface area contributed by atoms with Crippen molar-refractivity contribution < 1.29 is 0 Å². The van der Waals surface area contributed by atoms with Gasteiger partial charge in [0.15, 0.2) is 0 Å². The number of rotatable bonds is 12. The van der Waals surface area contributed by atoms with Crippen LogP contribution >= 0.6 is 0 Å². The summed E-state index contributed by atoms with van der Waals surface area (Å²) in [4.78, 5) is 0. The molecule has 1 saturated carbocycles. The van der Waals surface area contributed by atoms with Crippen LogP contribution in [0.5, 0.6) is 0 Å². The van der Waals surface area contributed by atoms with E-state index in [9.17, 15) is 0 Å². The summed E-state index contributed by atoms with van der Waals surface area (Å²) in [6.07, 6.45) is 27.7. The van der Waals surface area contributed by atoms with Gasteiger partial charge in [0, 0.05) is 0 Å². The number of aryl methyl sites for hydroxylation is 1. The Morgan fingerprint density at radius 1 is 0.767 bits per heavy atom. The summed E-state index contributed by atoms with van der Waals surface area (Å²) in [6.45, 7) is 4.55. The second-order valence-corrected chi connectivity index (χ2v) is 9.16. The van der Waals surface area contributed by atoms with E-state index in [0.717, 1.165) is 11.8 Å². The van der Waals surface area contributed by atoms with Crippen molar-refractivity contribution in [3.63, 3.8) is 0 Å². The Hall–Kier alpha value is -1.74. The van der Waals surface area contributed by atoms with E-state index in [1.807, 2.05) is 6.08 Å². The van der Waals surface area contributed by atoms with E-state index in [0.29, 0.717) is 0 Å². The van der Waals surface area contributed by atoms with Gasteiger partial charge in [-0.1, -0.05) is 107 Å². The van der Waals surface area contributed by atoms with Gasteiger partial charge >= 0.3 is 0 Å². The SMILES string of the molecule is CCCCCCC[C@H]1CC[C@H](C=CC#CC=Cc2ccc(CCCCC)cc2)CC1. The summed E-state index contributed by atoms with van der Waals surface area (Å²) in [7, 11) is 0. The van der Waals surface area contributed by atoms with Gasteiger partial charge in [-0.15, -0.1) is 0 Å². The van der Waals surface area contributed by atoms with Gasteiger partial charge in [-0.2, -0.15) is 0 Å². The van der Waals surface area contributed by atoms with E-state index in [1.165, 1.54) is 101 Å². The molecule has 0 aromatic heterocycles. The van der Waals surface area contributed by atoms with Gasteiger partial charge in [-0.3, -0.25) is 0 Å². The van der Waals surface area contributed by atoms with Gasteiger partial charge < -0.3 is 0 Å². The van der Waals surface area contributed by atoms with Crippen LogP contribution in [0.1, 0.15) is 108 Å². The maximum absolute atomic E-state index is 3.20. The molecule has 0 unspecified atom stereocenters. The van der Waals surface area contributed by atoms with Crippen LogP contribution in [0.25, 0.3) is 6.08 Å². The summed E-state index contributed by atoms with van der Waals surface area (Å²) in [5.41, 5.74) is 2.68. The molecule has 1 aromatic rings. The third-order valence-corrected chi connectivity index (χ3v) is 6.55. The minimum Gasteiger partial charge on any atom is -0.0730 e. The number of benzene rings is 1.